The van der Waals surface area contributed by atoms with Crippen LogP contribution in [0.3, 0.4) is 0 Å². The van der Waals surface area contributed by atoms with E-state index in [0.29, 0.717) is 0 Å². The molecule has 0 heterocycles. The molecule has 0 aliphatic rings. The fraction of sp³-hybridized carbons (Fsp3) is 0.333. The maximum absolute atomic E-state index is 12.5. The number of rotatable bonds is 1. The molecule has 0 spiro atoms. The van der Waals surface area contributed by atoms with Gasteiger partial charge in [0.05, 0.1) is 5.56 Å². The van der Waals surface area contributed by atoms with Crippen LogP contribution in [0.2, 0.25) is 5.02 Å². The second-order valence-corrected chi connectivity index (χ2v) is 4.12. The molecule has 5 heteroatoms. The largest absolute Gasteiger partial charge is 0.416 e. The number of hydrogen-bond donors (Lipinski definition) is 1. The molecule has 0 radical (unpaired) electrons. The van der Waals surface area contributed by atoms with Crippen molar-refractivity contribution in [2.75, 3.05) is 0 Å². The van der Waals surface area contributed by atoms with Gasteiger partial charge in [0.1, 0.15) is 0 Å². The number of halogens is 4. The maximum Gasteiger partial charge on any atom is 0.416 e. The summed E-state index contributed by atoms with van der Waals surface area (Å²) in [6, 6.07) is 3.70. The van der Waals surface area contributed by atoms with Gasteiger partial charge < -0.3 is 0 Å². The Labute approximate surface area is 90.5 Å². The Morgan fingerprint density at radius 1 is 1.36 bits per heavy atom. The van der Waals surface area contributed by atoms with Gasteiger partial charge in [0.2, 0.25) is 0 Å². The maximum atomic E-state index is 12.5. The number of hydrogen-bond acceptors (Lipinski definition) is 1. The third kappa shape index (κ3) is 2.58. The van der Waals surface area contributed by atoms with Crippen molar-refractivity contribution in [3.8, 4) is 0 Å². The van der Waals surface area contributed by atoms with Gasteiger partial charge in [-0.15, -0.1) is 0 Å². The van der Waals surface area contributed by atoms with E-state index in [1.165, 1.54) is 12.1 Å². The summed E-state index contributed by atoms with van der Waals surface area (Å²) >= 11 is 9.48. The molecule has 1 unspecified atom stereocenters. The topological polar surface area (TPSA) is 0 Å². The summed E-state index contributed by atoms with van der Waals surface area (Å²) in [7, 11) is 0. The molecule has 0 fully saturated rings. The van der Waals surface area contributed by atoms with Crippen molar-refractivity contribution in [3.05, 3.63) is 34.3 Å². The van der Waals surface area contributed by atoms with E-state index in [0.717, 1.165) is 6.07 Å². The van der Waals surface area contributed by atoms with Crippen molar-refractivity contribution in [2.45, 2.75) is 18.3 Å². The van der Waals surface area contributed by atoms with E-state index in [-0.39, 0.29) is 10.6 Å². The molecule has 1 aromatic rings. The molecule has 78 valence electrons. The quantitative estimate of drug-likeness (QED) is 0.694. The van der Waals surface area contributed by atoms with Crippen LogP contribution in [-0.4, -0.2) is 0 Å². The van der Waals surface area contributed by atoms with Crippen LogP contribution in [0.5, 0.6) is 0 Å². The zero-order valence-electron chi connectivity index (χ0n) is 7.27. The second kappa shape index (κ2) is 4.03. The Morgan fingerprint density at radius 2 is 1.93 bits per heavy atom. The molecule has 0 bridgehead atoms. The summed E-state index contributed by atoms with van der Waals surface area (Å²) < 4.78 is 37.5. The zero-order chi connectivity index (χ0) is 10.9. The molecular formula is C9H8ClF3S. The molecule has 14 heavy (non-hydrogen) atoms. The molecule has 1 aromatic carbocycles. The van der Waals surface area contributed by atoms with Crippen molar-refractivity contribution >= 4 is 24.2 Å². The lowest BCUT2D eigenvalue weighted by Crippen LogP contribution is -2.09. The minimum atomic E-state index is -4.38. The highest BCUT2D eigenvalue weighted by Crippen LogP contribution is 2.37. The molecule has 0 aromatic heterocycles. The minimum absolute atomic E-state index is 0.0788. The van der Waals surface area contributed by atoms with Crippen LogP contribution in [0.15, 0.2) is 18.2 Å². The molecule has 0 nitrogen and oxygen atoms in total. The predicted octanol–water partition coefficient (Wildman–Crippen LogP) is 4.35. The predicted molar refractivity (Wildman–Crippen MR) is 53.9 cm³/mol. The third-order valence-electron chi connectivity index (χ3n) is 1.77. The normalized spacial score (nSPS) is 14.1. The summed E-state index contributed by atoms with van der Waals surface area (Å²) in [6.07, 6.45) is -4.38. The van der Waals surface area contributed by atoms with Gasteiger partial charge in [-0.1, -0.05) is 17.7 Å². The second-order valence-electron chi connectivity index (χ2n) is 2.91. The lowest BCUT2D eigenvalue weighted by atomic mass is 10.0. The lowest BCUT2D eigenvalue weighted by Gasteiger charge is -2.14. The Bertz CT molecular complexity index is 333. The van der Waals surface area contributed by atoms with Gasteiger partial charge in [0.25, 0.3) is 0 Å². The highest BCUT2D eigenvalue weighted by Gasteiger charge is 2.34. The Hall–Kier alpha value is -0.350. The smallest absolute Gasteiger partial charge is 0.171 e. The van der Waals surface area contributed by atoms with Crippen molar-refractivity contribution in [1.82, 2.24) is 0 Å². The molecular weight excluding hydrogens is 233 g/mol. The van der Waals surface area contributed by atoms with Crippen molar-refractivity contribution in [3.63, 3.8) is 0 Å². The Balaban J connectivity index is 3.30. The number of thiol groups is 1. The van der Waals surface area contributed by atoms with Crippen LogP contribution in [0.25, 0.3) is 0 Å². The van der Waals surface area contributed by atoms with Crippen LogP contribution >= 0.6 is 24.2 Å². The van der Waals surface area contributed by atoms with Crippen LogP contribution in [0.4, 0.5) is 13.2 Å². The first-order valence-electron chi connectivity index (χ1n) is 3.87. The SMILES string of the molecule is CC(S)c1ccc(Cl)cc1C(F)(F)F. The van der Waals surface area contributed by atoms with Crippen LogP contribution in [0, 0.1) is 0 Å². The van der Waals surface area contributed by atoms with Gasteiger partial charge in [-0.05, 0) is 24.6 Å². The summed E-state index contributed by atoms with van der Waals surface area (Å²) in [4.78, 5) is 0. The number of benzene rings is 1. The summed E-state index contributed by atoms with van der Waals surface area (Å²) in [5.41, 5.74) is -0.572. The van der Waals surface area contributed by atoms with Gasteiger partial charge in [-0.3, -0.25) is 0 Å². The van der Waals surface area contributed by atoms with Crippen LogP contribution < -0.4 is 0 Å². The lowest BCUT2D eigenvalue weighted by molar-refractivity contribution is -0.138. The molecule has 0 aliphatic heterocycles. The van der Waals surface area contributed by atoms with Gasteiger partial charge in [0, 0.05) is 10.3 Å². The standard InChI is InChI=1S/C9H8ClF3S/c1-5(14)7-3-2-6(10)4-8(7)9(11,12)13/h2-5,14H,1H3. The van der Waals surface area contributed by atoms with Gasteiger partial charge in [0.15, 0.2) is 0 Å². The Morgan fingerprint density at radius 3 is 2.36 bits per heavy atom. The van der Waals surface area contributed by atoms with Crippen molar-refractivity contribution in [1.29, 1.82) is 0 Å². The first-order chi connectivity index (χ1) is 6.32. The number of alkyl halides is 3. The van der Waals surface area contributed by atoms with Crippen LogP contribution in [-0.2, 0) is 6.18 Å². The third-order valence-corrected chi connectivity index (χ3v) is 2.28. The van der Waals surface area contributed by atoms with Crippen LogP contribution in [0.1, 0.15) is 23.3 Å². The molecule has 0 saturated heterocycles. The molecule has 0 saturated carbocycles. The first-order valence-corrected chi connectivity index (χ1v) is 4.76. The fourth-order valence-corrected chi connectivity index (χ4v) is 1.54. The molecule has 0 aliphatic carbocycles. The fourth-order valence-electron chi connectivity index (χ4n) is 1.14. The molecule has 1 rings (SSSR count). The minimum Gasteiger partial charge on any atom is -0.171 e. The summed E-state index contributed by atoms with van der Waals surface area (Å²) in [5.74, 6) is 0. The van der Waals surface area contributed by atoms with Gasteiger partial charge in [-0.2, -0.15) is 25.8 Å². The molecule has 0 N–H and O–H groups in total. The van der Waals surface area contributed by atoms with Gasteiger partial charge in [-0.25, -0.2) is 0 Å². The van der Waals surface area contributed by atoms with E-state index in [1.54, 1.807) is 6.92 Å². The highest BCUT2D eigenvalue weighted by molar-refractivity contribution is 7.80. The summed E-state index contributed by atoms with van der Waals surface area (Å²) in [5, 5.41) is -0.390. The summed E-state index contributed by atoms with van der Waals surface area (Å²) in [6.45, 7) is 1.58. The highest BCUT2D eigenvalue weighted by atomic mass is 35.5. The van der Waals surface area contributed by atoms with Crippen molar-refractivity contribution < 1.29 is 13.2 Å². The van der Waals surface area contributed by atoms with Crippen molar-refractivity contribution in [2.24, 2.45) is 0 Å². The van der Waals surface area contributed by atoms with E-state index in [4.69, 9.17) is 11.6 Å². The van der Waals surface area contributed by atoms with E-state index >= 15 is 0 Å². The van der Waals surface area contributed by atoms with E-state index in [2.05, 4.69) is 12.6 Å². The van der Waals surface area contributed by atoms with E-state index in [1.807, 2.05) is 0 Å². The monoisotopic (exact) mass is 240 g/mol. The van der Waals surface area contributed by atoms with E-state index < -0.39 is 17.0 Å². The average molecular weight is 241 g/mol. The Kier molecular flexibility index (Phi) is 3.37. The van der Waals surface area contributed by atoms with E-state index in [9.17, 15) is 13.2 Å². The zero-order valence-corrected chi connectivity index (χ0v) is 8.92. The molecule has 1 atom stereocenters. The first kappa shape index (κ1) is 11.7. The molecule has 0 amide bonds. The average Bonchev–Trinajstić information content (AvgIpc) is 2.01. The van der Waals surface area contributed by atoms with Gasteiger partial charge >= 0.3 is 6.18 Å².